The molecule has 0 aromatic heterocycles. The van der Waals surface area contributed by atoms with E-state index in [1.807, 2.05) is 51.1 Å². The summed E-state index contributed by atoms with van der Waals surface area (Å²) in [6.45, 7) is 5.91. The zero-order valence-corrected chi connectivity index (χ0v) is 15.3. The van der Waals surface area contributed by atoms with Crippen LogP contribution in [-0.2, 0) is 19.9 Å². The van der Waals surface area contributed by atoms with Crippen molar-refractivity contribution in [2.75, 3.05) is 5.75 Å². The molecule has 5 heteroatoms. The van der Waals surface area contributed by atoms with Crippen LogP contribution in [0.5, 0.6) is 0 Å². The first kappa shape index (κ1) is 18.0. The third-order valence-corrected chi connectivity index (χ3v) is 5.21. The van der Waals surface area contributed by atoms with E-state index in [1.165, 1.54) is 23.9 Å². The Labute approximate surface area is 151 Å². The number of halogens is 1. The molecule has 1 aliphatic heterocycles. The number of ether oxygens (including phenoxy) is 2. The van der Waals surface area contributed by atoms with Crippen LogP contribution in [0, 0.1) is 11.2 Å². The normalized spacial score (nSPS) is 23.5. The third-order valence-electron chi connectivity index (χ3n) is 4.05. The Kier molecular flexibility index (Phi) is 4.89. The molecule has 0 radical (unpaired) electrons. The smallest absolute Gasteiger partial charge is 0.346 e. The molecule has 0 spiro atoms. The maximum atomic E-state index is 13.1. The fourth-order valence-corrected chi connectivity index (χ4v) is 3.64. The average Bonchev–Trinajstić information content (AvgIpc) is 2.93. The first-order valence-electron chi connectivity index (χ1n) is 8.14. The maximum Gasteiger partial charge on any atom is 0.346 e. The Balaban J connectivity index is 1.91. The van der Waals surface area contributed by atoms with Gasteiger partial charge in [0.2, 0.25) is 11.9 Å². The predicted octanol–water partition coefficient (Wildman–Crippen LogP) is 4.76. The van der Waals surface area contributed by atoms with E-state index in [2.05, 4.69) is 0 Å². The molecule has 25 heavy (non-hydrogen) atoms. The number of benzene rings is 2. The van der Waals surface area contributed by atoms with Crippen molar-refractivity contribution in [3.05, 3.63) is 66.0 Å². The minimum absolute atomic E-state index is 0.286. The molecule has 2 atom stereocenters. The van der Waals surface area contributed by atoms with E-state index in [1.54, 1.807) is 12.1 Å². The molecule has 2 aromatic rings. The summed E-state index contributed by atoms with van der Waals surface area (Å²) in [4.78, 5) is 13.7. The topological polar surface area (TPSA) is 35.5 Å². The highest BCUT2D eigenvalue weighted by Crippen LogP contribution is 2.43. The van der Waals surface area contributed by atoms with Gasteiger partial charge < -0.3 is 9.47 Å². The molecule has 1 aliphatic rings. The highest BCUT2D eigenvalue weighted by Gasteiger charge is 2.54. The largest absolute Gasteiger partial charge is 0.433 e. The second-order valence-electron chi connectivity index (χ2n) is 7.16. The quantitative estimate of drug-likeness (QED) is 0.582. The Morgan fingerprint density at radius 1 is 1.08 bits per heavy atom. The van der Waals surface area contributed by atoms with Gasteiger partial charge in [-0.3, -0.25) is 0 Å². The van der Waals surface area contributed by atoms with Crippen molar-refractivity contribution in [2.45, 2.75) is 37.6 Å². The summed E-state index contributed by atoms with van der Waals surface area (Å²) < 4.78 is 24.9. The lowest BCUT2D eigenvalue weighted by Gasteiger charge is -2.28. The van der Waals surface area contributed by atoms with Crippen molar-refractivity contribution in [1.29, 1.82) is 0 Å². The van der Waals surface area contributed by atoms with Gasteiger partial charge in [-0.1, -0.05) is 51.1 Å². The number of esters is 1. The number of cyclic esters (lactones) is 1. The van der Waals surface area contributed by atoms with E-state index in [0.717, 1.165) is 10.5 Å². The predicted molar refractivity (Wildman–Crippen MR) is 95.7 cm³/mol. The second-order valence-corrected chi connectivity index (χ2v) is 8.21. The van der Waals surface area contributed by atoms with E-state index in [4.69, 9.17) is 9.47 Å². The lowest BCUT2D eigenvalue weighted by atomic mass is 9.94. The fraction of sp³-hybridized carbons (Fsp3) is 0.350. The summed E-state index contributed by atoms with van der Waals surface area (Å²) in [5.74, 6) is -0.312. The number of rotatable bonds is 4. The molecule has 0 saturated carbocycles. The van der Waals surface area contributed by atoms with Crippen LogP contribution < -0.4 is 0 Å². The Morgan fingerprint density at radius 3 is 2.28 bits per heavy atom. The number of thioether (sulfide) groups is 1. The molecule has 0 N–H and O–H groups in total. The maximum absolute atomic E-state index is 13.1. The minimum Gasteiger partial charge on any atom is -0.433 e. The van der Waals surface area contributed by atoms with Gasteiger partial charge in [0, 0.05) is 16.1 Å². The van der Waals surface area contributed by atoms with Crippen LogP contribution in [0.2, 0.25) is 0 Å². The molecule has 0 unspecified atom stereocenters. The van der Waals surface area contributed by atoms with Gasteiger partial charge in [-0.2, -0.15) is 0 Å². The van der Waals surface area contributed by atoms with Gasteiger partial charge in [-0.25, -0.2) is 9.18 Å². The zero-order valence-electron chi connectivity index (χ0n) is 14.5. The molecule has 132 valence electrons. The first-order valence-corrected chi connectivity index (χ1v) is 9.13. The molecular formula is C20H21FO3S. The standard InChI is InChI=1S/C20H21FO3S/c1-19(2,3)18-23-17(22)20(24-18,14-7-5-4-6-8-14)13-25-16-11-9-15(21)10-12-16/h4-12,18H,13H2,1-3H3/t18-,20-/m1/s1. The molecule has 0 bridgehead atoms. The number of hydrogen-bond donors (Lipinski definition) is 0. The first-order chi connectivity index (χ1) is 11.8. The lowest BCUT2D eigenvalue weighted by Crippen LogP contribution is -2.37. The van der Waals surface area contributed by atoms with Crippen LogP contribution in [0.3, 0.4) is 0 Å². The van der Waals surface area contributed by atoms with Crippen LogP contribution >= 0.6 is 11.8 Å². The van der Waals surface area contributed by atoms with E-state index in [0.29, 0.717) is 5.75 Å². The molecular weight excluding hydrogens is 339 g/mol. The SMILES string of the molecule is CC(C)(C)[C@@H]1OC(=O)[C@@](CSc2ccc(F)cc2)(c2ccccc2)O1. The van der Waals surface area contributed by atoms with Crippen LogP contribution in [0.1, 0.15) is 26.3 Å². The summed E-state index contributed by atoms with van der Waals surface area (Å²) in [5, 5.41) is 0. The minimum atomic E-state index is -1.17. The summed E-state index contributed by atoms with van der Waals surface area (Å²) >= 11 is 1.44. The van der Waals surface area contributed by atoms with Gasteiger partial charge in [0.15, 0.2) is 0 Å². The van der Waals surface area contributed by atoms with Gasteiger partial charge in [0.25, 0.3) is 0 Å². The lowest BCUT2D eigenvalue weighted by molar-refractivity contribution is -0.155. The Hall–Kier alpha value is -1.85. The van der Waals surface area contributed by atoms with Gasteiger partial charge in [0.05, 0.1) is 0 Å². The van der Waals surface area contributed by atoms with Gasteiger partial charge in [-0.05, 0) is 29.8 Å². The van der Waals surface area contributed by atoms with E-state index in [-0.39, 0.29) is 17.2 Å². The van der Waals surface area contributed by atoms with Crippen molar-refractivity contribution < 1.29 is 18.7 Å². The van der Waals surface area contributed by atoms with Crippen molar-refractivity contribution in [3.8, 4) is 0 Å². The fourth-order valence-electron chi connectivity index (χ4n) is 2.59. The van der Waals surface area contributed by atoms with Crippen molar-refractivity contribution >= 4 is 17.7 Å². The molecule has 2 aromatic carbocycles. The number of carbonyl (C=O) groups is 1. The summed E-state index contributed by atoms with van der Waals surface area (Å²) in [7, 11) is 0. The van der Waals surface area contributed by atoms with Crippen molar-refractivity contribution in [1.82, 2.24) is 0 Å². The van der Waals surface area contributed by atoms with E-state index < -0.39 is 11.9 Å². The highest BCUT2D eigenvalue weighted by molar-refractivity contribution is 7.99. The molecule has 1 heterocycles. The Morgan fingerprint density at radius 2 is 1.72 bits per heavy atom. The van der Waals surface area contributed by atoms with Gasteiger partial charge in [-0.15, -0.1) is 11.8 Å². The van der Waals surface area contributed by atoms with Gasteiger partial charge in [0.1, 0.15) is 5.82 Å². The summed E-state index contributed by atoms with van der Waals surface area (Å²) in [6, 6.07) is 15.6. The molecule has 0 amide bonds. The van der Waals surface area contributed by atoms with Crippen molar-refractivity contribution in [3.63, 3.8) is 0 Å². The molecule has 3 nitrogen and oxygen atoms in total. The van der Waals surface area contributed by atoms with Crippen LogP contribution in [0.15, 0.2) is 59.5 Å². The van der Waals surface area contributed by atoms with E-state index in [9.17, 15) is 9.18 Å². The third kappa shape index (κ3) is 3.72. The molecule has 1 fully saturated rings. The Bertz CT molecular complexity index is 740. The van der Waals surface area contributed by atoms with Crippen LogP contribution in [0.4, 0.5) is 4.39 Å². The molecule has 1 saturated heterocycles. The van der Waals surface area contributed by atoms with E-state index >= 15 is 0 Å². The summed E-state index contributed by atoms with van der Waals surface area (Å²) in [6.07, 6.45) is -0.617. The van der Waals surface area contributed by atoms with Crippen LogP contribution in [0.25, 0.3) is 0 Å². The average molecular weight is 360 g/mol. The second kappa shape index (κ2) is 6.81. The number of hydrogen-bond acceptors (Lipinski definition) is 4. The van der Waals surface area contributed by atoms with Crippen LogP contribution in [-0.4, -0.2) is 18.0 Å². The molecule has 3 rings (SSSR count). The molecule has 0 aliphatic carbocycles. The number of carbonyl (C=O) groups excluding carboxylic acids is 1. The monoisotopic (exact) mass is 360 g/mol. The zero-order chi connectivity index (χ0) is 18.1. The van der Waals surface area contributed by atoms with Gasteiger partial charge >= 0.3 is 5.97 Å². The van der Waals surface area contributed by atoms with Crippen molar-refractivity contribution in [2.24, 2.45) is 5.41 Å². The summed E-state index contributed by atoms with van der Waals surface area (Å²) in [5.41, 5.74) is -0.730. The highest BCUT2D eigenvalue weighted by atomic mass is 32.2.